The van der Waals surface area contributed by atoms with Crippen LogP contribution in [0.2, 0.25) is 0 Å². The van der Waals surface area contributed by atoms with Crippen molar-refractivity contribution in [2.75, 3.05) is 36.0 Å². The Kier molecular flexibility index (Phi) is 9.03. The Morgan fingerprint density at radius 3 is 1.87 bits per heavy atom. The third kappa shape index (κ3) is 6.46. The third-order valence-corrected chi connectivity index (χ3v) is 9.71. The van der Waals surface area contributed by atoms with Gasteiger partial charge in [0.15, 0.2) is 12.6 Å². The number of hydrogen-bond donors (Lipinski definition) is 0. The molecule has 4 heterocycles. The van der Waals surface area contributed by atoms with Crippen LogP contribution in [0.3, 0.4) is 0 Å². The predicted octanol–water partition coefficient (Wildman–Crippen LogP) is 4.96. The smallest absolute Gasteiger partial charge is 0.399 e. The van der Waals surface area contributed by atoms with Gasteiger partial charge in [-0.15, -0.1) is 0 Å². The Labute approximate surface area is 277 Å². The van der Waals surface area contributed by atoms with Crippen LogP contribution in [0, 0.1) is 0 Å². The van der Waals surface area contributed by atoms with Gasteiger partial charge in [0.2, 0.25) is 0 Å². The summed E-state index contributed by atoms with van der Waals surface area (Å²) in [6.45, 7) is 18.6. The molecule has 47 heavy (non-hydrogen) atoms. The molecule has 0 aliphatic carbocycles. The molecule has 4 unspecified atom stereocenters. The molecular formula is C36H45BN4O6. The number of morpholine rings is 2. The molecule has 3 aliphatic heterocycles. The Hall–Kier alpha value is -3.64. The molecule has 4 atom stereocenters. The van der Waals surface area contributed by atoms with Crippen LogP contribution in [-0.4, -0.2) is 91.5 Å². The average molecular weight is 641 g/mol. The second-order valence-electron chi connectivity index (χ2n) is 14.2. The lowest BCUT2D eigenvalue weighted by Gasteiger charge is -2.40. The maximum Gasteiger partial charge on any atom is 0.494 e. The largest absolute Gasteiger partial charge is 0.494 e. The summed E-state index contributed by atoms with van der Waals surface area (Å²) in [6.07, 6.45) is 6.58. The van der Waals surface area contributed by atoms with Crippen molar-refractivity contribution < 1.29 is 28.4 Å². The molecule has 3 fully saturated rings. The van der Waals surface area contributed by atoms with Crippen LogP contribution in [0.25, 0.3) is 22.4 Å². The van der Waals surface area contributed by atoms with Crippen molar-refractivity contribution >= 4 is 36.5 Å². The van der Waals surface area contributed by atoms with Crippen LogP contribution < -0.4 is 15.3 Å². The summed E-state index contributed by atoms with van der Waals surface area (Å²) >= 11 is 0. The topological polar surface area (TPSA) is 103 Å². The van der Waals surface area contributed by atoms with Gasteiger partial charge in [0.1, 0.15) is 0 Å². The molecule has 0 radical (unpaired) electrons. The lowest BCUT2D eigenvalue weighted by molar-refractivity contribution is -0.00556. The molecule has 3 aromatic rings. The zero-order chi connectivity index (χ0) is 33.7. The van der Waals surface area contributed by atoms with E-state index in [1.807, 2.05) is 59.7 Å². The van der Waals surface area contributed by atoms with Gasteiger partial charge in [-0.05, 0) is 79.1 Å². The maximum atomic E-state index is 13.2. The first kappa shape index (κ1) is 33.3. The van der Waals surface area contributed by atoms with E-state index in [9.17, 15) is 9.59 Å². The monoisotopic (exact) mass is 640 g/mol. The minimum atomic E-state index is -0.709. The molecule has 0 saturated carbocycles. The molecular weight excluding hydrogens is 595 g/mol. The highest BCUT2D eigenvalue weighted by molar-refractivity contribution is 6.62. The van der Waals surface area contributed by atoms with Crippen LogP contribution in [0.4, 0.5) is 11.4 Å². The summed E-state index contributed by atoms with van der Waals surface area (Å²) in [7, 11) is -0.709. The van der Waals surface area contributed by atoms with E-state index in [2.05, 4.69) is 39.7 Å². The minimum absolute atomic E-state index is 0.0338. The van der Waals surface area contributed by atoms with Crippen LogP contribution in [0.15, 0.2) is 42.9 Å². The lowest BCUT2D eigenvalue weighted by Crippen LogP contribution is -2.47. The van der Waals surface area contributed by atoms with E-state index >= 15 is 0 Å². The standard InChI is InChI=1S/C36H45BN4O6/c1-22-16-40(17-23(2)44-22)32-13-26(31-15-38-9-10-39-31)11-27(20-42)33(32)30-14-29(37-46-35(5,6)36(7,8)47-37)12-28(21-43)34(30)41-18-24(3)45-25(4)19-41/h9-15,20-25H,16-19H2,1-8H3. The Balaban J connectivity index is 1.64. The maximum absolute atomic E-state index is 13.2. The predicted molar refractivity (Wildman–Crippen MR) is 184 cm³/mol. The number of aromatic nitrogens is 2. The van der Waals surface area contributed by atoms with Crippen molar-refractivity contribution in [2.45, 2.75) is 91.0 Å². The lowest BCUT2D eigenvalue weighted by atomic mass is 9.75. The van der Waals surface area contributed by atoms with E-state index in [1.54, 1.807) is 18.6 Å². The molecule has 2 aromatic carbocycles. The molecule has 0 N–H and O–H groups in total. The number of carbonyl (C=O) groups excluding carboxylic acids is 2. The first-order chi connectivity index (χ1) is 22.3. The summed E-state index contributed by atoms with van der Waals surface area (Å²) in [6, 6.07) is 7.84. The molecule has 3 saturated heterocycles. The molecule has 248 valence electrons. The van der Waals surface area contributed by atoms with E-state index in [0.717, 1.165) is 40.6 Å². The average Bonchev–Trinajstić information content (AvgIpc) is 3.25. The van der Waals surface area contributed by atoms with E-state index in [-0.39, 0.29) is 24.4 Å². The number of ether oxygens (including phenoxy) is 2. The summed E-state index contributed by atoms with van der Waals surface area (Å²) in [5.74, 6) is 0. The van der Waals surface area contributed by atoms with Crippen molar-refractivity contribution in [3.63, 3.8) is 0 Å². The van der Waals surface area contributed by atoms with Crippen LogP contribution in [0.1, 0.15) is 76.1 Å². The number of benzene rings is 2. The molecule has 0 bridgehead atoms. The quantitative estimate of drug-likeness (QED) is 0.260. The fourth-order valence-electron chi connectivity index (χ4n) is 7.04. The van der Waals surface area contributed by atoms with Crippen molar-refractivity contribution in [1.82, 2.24) is 9.97 Å². The molecule has 0 spiro atoms. The van der Waals surface area contributed by atoms with Crippen molar-refractivity contribution in [1.29, 1.82) is 0 Å². The van der Waals surface area contributed by atoms with Crippen LogP contribution in [-0.2, 0) is 18.8 Å². The Morgan fingerprint density at radius 1 is 0.766 bits per heavy atom. The first-order valence-electron chi connectivity index (χ1n) is 16.5. The minimum Gasteiger partial charge on any atom is -0.399 e. The highest BCUT2D eigenvalue weighted by Crippen LogP contribution is 2.45. The SMILES string of the molecule is CC1CN(c2cc(-c3cnccn3)cc(C=O)c2-c2cc(B3OC(C)(C)C(C)(C)O3)cc(C=O)c2N2CC(C)OC(C)C2)CC(C)O1. The Bertz CT molecular complexity index is 1610. The number of nitrogens with zero attached hydrogens (tertiary/aromatic N) is 4. The number of rotatable bonds is 7. The molecule has 3 aliphatic rings. The van der Waals surface area contributed by atoms with Crippen LogP contribution >= 0.6 is 0 Å². The highest BCUT2D eigenvalue weighted by atomic mass is 16.7. The van der Waals surface area contributed by atoms with Gasteiger partial charge in [0.05, 0.1) is 53.2 Å². The second-order valence-corrected chi connectivity index (χ2v) is 14.2. The summed E-state index contributed by atoms with van der Waals surface area (Å²) in [5, 5.41) is 0. The number of carbonyl (C=O) groups is 2. The highest BCUT2D eigenvalue weighted by Gasteiger charge is 2.52. The van der Waals surface area contributed by atoms with Crippen LogP contribution in [0.5, 0.6) is 0 Å². The van der Waals surface area contributed by atoms with Gasteiger partial charge in [0.25, 0.3) is 0 Å². The van der Waals surface area contributed by atoms with E-state index in [4.69, 9.17) is 18.8 Å². The van der Waals surface area contributed by atoms with Gasteiger partial charge >= 0.3 is 7.12 Å². The van der Waals surface area contributed by atoms with Gasteiger partial charge in [-0.1, -0.05) is 6.07 Å². The second kappa shape index (κ2) is 12.8. The van der Waals surface area contributed by atoms with Gasteiger partial charge in [0, 0.05) is 72.1 Å². The van der Waals surface area contributed by atoms with E-state index in [1.165, 1.54) is 0 Å². The normalized spacial score (nSPS) is 25.6. The zero-order valence-electron chi connectivity index (χ0n) is 28.6. The fourth-order valence-corrected chi connectivity index (χ4v) is 7.04. The number of hydrogen-bond acceptors (Lipinski definition) is 10. The van der Waals surface area contributed by atoms with Gasteiger partial charge < -0.3 is 28.6 Å². The van der Waals surface area contributed by atoms with E-state index in [0.29, 0.717) is 48.5 Å². The zero-order valence-corrected chi connectivity index (χ0v) is 28.6. The third-order valence-electron chi connectivity index (χ3n) is 9.71. The Morgan fingerprint density at radius 2 is 1.34 bits per heavy atom. The number of aldehydes is 2. The van der Waals surface area contributed by atoms with Gasteiger partial charge in [-0.2, -0.15) is 0 Å². The molecule has 6 rings (SSSR count). The number of anilines is 2. The summed E-state index contributed by atoms with van der Waals surface area (Å²) in [5.41, 5.74) is 5.08. The fraction of sp³-hybridized carbons (Fsp3) is 0.500. The van der Waals surface area contributed by atoms with Gasteiger partial charge in [-0.3, -0.25) is 19.6 Å². The van der Waals surface area contributed by atoms with Gasteiger partial charge in [-0.25, -0.2) is 0 Å². The van der Waals surface area contributed by atoms with Crippen molar-refractivity contribution in [3.8, 4) is 22.4 Å². The molecule has 10 nitrogen and oxygen atoms in total. The first-order valence-corrected chi connectivity index (χ1v) is 16.5. The molecule has 11 heteroatoms. The molecule has 0 amide bonds. The summed E-state index contributed by atoms with van der Waals surface area (Å²) < 4.78 is 25.2. The van der Waals surface area contributed by atoms with Crippen molar-refractivity contribution in [3.05, 3.63) is 54.0 Å². The summed E-state index contributed by atoms with van der Waals surface area (Å²) in [4.78, 5) is 39.5. The van der Waals surface area contributed by atoms with Crippen molar-refractivity contribution in [2.24, 2.45) is 0 Å². The van der Waals surface area contributed by atoms with E-state index < -0.39 is 18.3 Å². The molecule has 1 aromatic heterocycles.